The number of piperidine rings is 1. The van der Waals surface area contributed by atoms with Gasteiger partial charge in [-0.3, -0.25) is 0 Å². The maximum Gasteiger partial charge on any atom is 0.0205 e. The maximum absolute atomic E-state index is 3.54. The van der Waals surface area contributed by atoms with Gasteiger partial charge in [0.2, 0.25) is 0 Å². The summed E-state index contributed by atoms with van der Waals surface area (Å²) in [5, 5.41) is 3.54. The van der Waals surface area contributed by atoms with Gasteiger partial charge in [-0.1, -0.05) is 36.2 Å². The normalized spacial score (nSPS) is 16.9. The van der Waals surface area contributed by atoms with Crippen LogP contribution < -0.4 is 5.32 Å². The molecule has 1 N–H and O–H groups in total. The highest BCUT2D eigenvalue weighted by Crippen LogP contribution is 2.08. The van der Waals surface area contributed by atoms with Crippen molar-refractivity contribution in [2.75, 3.05) is 26.2 Å². The fourth-order valence-corrected chi connectivity index (χ4v) is 2.67. The number of benzene rings is 1. The average molecular weight is 246 g/mol. The van der Waals surface area contributed by atoms with Crippen LogP contribution in [0, 0.1) is 6.92 Å². The second-order valence-corrected chi connectivity index (χ2v) is 5.42. The summed E-state index contributed by atoms with van der Waals surface area (Å²) in [6, 6.07) is 8.75. The molecule has 1 aliphatic heterocycles. The molecular formula is C16H26N2. The van der Waals surface area contributed by atoms with Crippen LogP contribution in [0.1, 0.15) is 36.8 Å². The van der Waals surface area contributed by atoms with E-state index in [1.807, 2.05) is 0 Å². The number of rotatable bonds is 6. The molecule has 0 unspecified atom stereocenters. The quantitative estimate of drug-likeness (QED) is 0.776. The van der Waals surface area contributed by atoms with Crippen molar-refractivity contribution in [1.29, 1.82) is 0 Å². The second-order valence-electron chi connectivity index (χ2n) is 5.42. The highest BCUT2D eigenvalue weighted by molar-refractivity contribution is 5.21. The molecule has 2 nitrogen and oxygen atoms in total. The Morgan fingerprint density at radius 2 is 2.00 bits per heavy atom. The summed E-state index contributed by atoms with van der Waals surface area (Å²) < 4.78 is 0. The van der Waals surface area contributed by atoms with Gasteiger partial charge in [0.05, 0.1) is 0 Å². The van der Waals surface area contributed by atoms with Crippen molar-refractivity contribution in [3.05, 3.63) is 35.4 Å². The van der Waals surface area contributed by atoms with Gasteiger partial charge in [0, 0.05) is 6.54 Å². The Balaban J connectivity index is 1.55. The smallest absolute Gasteiger partial charge is 0.0205 e. The Labute approximate surface area is 111 Å². The summed E-state index contributed by atoms with van der Waals surface area (Å²) >= 11 is 0. The highest BCUT2D eigenvalue weighted by atomic mass is 15.1. The molecule has 1 aromatic carbocycles. The number of nitrogens with zero attached hydrogens (tertiary/aromatic N) is 1. The maximum atomic E-state index is 3.54. The molecule has 1 fully saturated rings. The van der Waals surface area contributed by atoms with E-state index in [9.17, 15) is 0 Å². The van der Waals surface area contributed by atoms with Crippen LogP contribution in [0.5, 0.6) is 0 Å². The first-order valence-corrected chi connectivity index (χ1v) is 7.33. The monoisotopic (exact) mass is 246 g/mol. The summed E-state index contributed by atoms with van der Waals surface area (Å²) in [7, 11) is 0. The molecule has 0 saturated carbocycles. The molecule has 0 amide bonds. The first-order valence-electron chi connectivity index (χ1n) is 7.33. The van der Waals surface area contributed by atoms with E-state index >= 15 is 0 Å². The van der Waals surface area contributed by atoms with Crippen LogP contribution in [-0.2, 0) is 6.54 Å². The van der Waals surface area contributed by atoms with E-state index in [0.717, 1.165) is 13.1 Å². The Hall–Kier alpha value is -0.860. The Bertz CT molecular complexity index is 343. The van der Waals surface area contributed by atoms with E-state index in [-0.39, 0.29) is 0 Å². The van der Waals surface area contributed by atoms with Crippen molar-refractivity contribution in [3.63, 3.8) is 0 Å². The lowest BCUT2D eigenvalue weighted by Crippen LogP contribution is -2.32. The second kappa shape index (κ2) is 7.55. The standard InChI is InChI=1S/C16H26N2/c1-15-7-5-8-16(13-15)14-17-9-6-12-18-10-3-2-4-11-18/h5,7-8,13,17H,2-4,6,9-12,14H2,1H3. The van der Waals surface area contributed by atoms with E-state index < -0.39 is 0 Å². The van der Waals surface area contributed by atoms with Crippen LogP contribution in [0.15, 0.2) is 24.3 Å². The number of hydrogen-bond donors (Lipinski definition) is 1. The van der Waals surface area contributed by atoms with E-state index in [1.54, 1.807) is 0 Å². The van der Waals surface area contributed by atoms with Crippen molar-refractivity contribution < 1.29 is 0 Å². The molecule has 2 heteroatoms. The zero-order valence-corrected chi connectivity index (χ0v) is 11.6. The van der Waals surface area contributed by atoms with E-state index in [0.29, 0.717) is 0 Å². The summed E-state index contributed by atoms with van der Waals surface area (Å²) in [5.41, 5.74) is 2.75. The van der Waals surface area contributed by atoms with Gasteiger partial charge in [-0.05, 0) is 57.9 Å². The Morgan fingerprint density at radius 1 is 1.17 bits per heavy atom. The SMILES string of the molecule is Cc1cccc(CNCCCN2CCCCC2)c1. The number of likely N-dealkylation sites (tertiary alicyclic amines) is 1. The van der Waals surface area contributed by atoms with Gasteiger partial charge in [0.1, 0.15) is 0 Å². The first-order chi connectivity index (χ1) is 8.84. The summed E-state index contributed by atoms with van der Waals surface area (Å²) in [6.07, 6.45) is 5.50. The van der Waals surface area contributed by atoms with Gasteiger partial charge in [-0.25, -0.2) is 0 Å². The summed E-state index contributed by atoms with van der Waals surface area (Å²) in [6.45, 7) is 8.18. The highest BCUT2D eigenvalue weighted by Gasteiger charge is 2.08. The van der Waals surface area contributed by atoms with Crippen LogP contribution in [0.2, 0.25) is 0 Å². The van der Waals surface area contributed by atoms with Gasteiger partial charge in [0.15, 0.2) is 0 Å². The Kier molecular flexibility index (Phi) is 5.69. The van der Waals surface area contributed by atoms with Crippen molar-refractivity contribution in [1.82, 2.24) is 10.2 Å². The molecule has 1 aliphatic rings. The molecule has 2 rings (SSSR count). The van der Waals surface area contributed by atoms with Crippen molar-refractivity contribution in [2.24, 2.45) is 0 Å². The van der Waals surface area contributed by atoms with Crippen LogP contribution in [0.3, 0.4) is 0 Å². The predicted molar refractivity (Wildman–Crippen MR) is 77.8 cm³/mol. The molecular weight excluding hydrogens is 220 g/mol. The fraction of sp³-hybridized carbons (Fsp3) is 0.625. The van der Waals surface area contributed by atoms with Crippen molar-refractivity contribution in [2.45, 2.75) is 39.2 Å². The summed E-state index contributed by atoms with van der Waals surface area (Å²) in [5.74, 6) is 0. The minimum absolute atomic E-state index is 1.00. The van der Waals surface area contributed by atoms with E-state index in [4.69, 9.17) is 0 Å². The third-order valence-electron chi connectivity index (χ3n) is 3.69. The van der Waals surface area contributed by atoms with Crippen molar-refractivity contribution in [3.8, 4) is 0 Å². The van der Waals surface area contributed by atoms with E-state index in [1.165, 1.54) is 56.4 Å². The number of hydrogen-bond acceptors (Lipinski definition) is 2. The molecule has 0 bridgehead atoms. The molecule has 18 heavy (non-hydrogen) atoms. The lowest BCUT2D eigenvalue weighted by molar-refractivity contribution is 0.225. The average Bonchev–Trinajstić information content (AvgIpc) is 2.40. The predicted octanol–water partition coefficient (Wildman–Crippen LogP) is 2.96. The molecule has 0 aromatic heterocycles. The number of nitrogens with one attached hydrogen (secondary N) is 1. The minimum Gasteiger partial charge on any atom is -0.313 e. The minimum atomic E-state index is 1.00. The third kappa shape index (κ3) is 4.79. The van der Waals surface area contributed by atoms with Crippen LogP contribution >= 0.6 is 0 Å². The summed E-state index contributed by atoms with van der Waals surface area (Å²) in [4.78, 5) is 2.61. The topological polar surface area (TPSA) is 15.3 Å². The number of aryl methyl sites for hydroxylation is 1. The largest absolute Gasteiger partial charge is 0.313 e. The van der Waals surface area contributed by atoms with Gasteiger partial charge >= 0.3 is 0 Å². The third-order valence-corrected chi connectivity index (χ3v) is 3.69. The molecule has 1 saturated heterocycles. The van der Waals surface area contributed by atoms with Crippen LogP contribution in [0.4, 0.5) is 0 Å². The molecule has 100 valence electrons. The van der Waals surface area contributed by atoms with Gasteiger partial charge in [-0.2, -0.15) is 0 Å². The van der Waals surface area contributed by atoms with E-state index in [2.05, 4.69) is 41.4 Å². The lowest BCUT2D eigenvalue weighted by atomic mass is 10.1. The molecule has 1 aromatic rings. The fourth-order valence-electron chi connectivity index (χ4n) is 2.67. The van der Waals surface area contributed by atoms with Crippen molar-refractivity contribution >= 4 is 0 Å². The van der Waals surface area contributed by atoms with Crippen LogP contribution in [0.25, 0.3) is 0 Å². The molecule has 1 heterocycles. The van der Waals surface area contributed by atoms with Gasteiger partial charge < -0.3 is 10.2 Å². The molecule has 0 aliphatic carbocycles. The molecule has 0 atom stereocenters. The van der Waals surface area contributed by atoms with Gasteiger partial charge in [0.25, 0.3) is 0 Å². The molecule has 0 radical (unpaired) electrons. The van der Waals surface area contributed by atoms with Gasteiger partial charge in [-0.15, -0.1) is 0 Å². The molecule has 0 spiro atoms. The Morgan fingerprint density at radius 3 is 2.78 bits per heavy atom. The zero-order valence-electron chi connectivity index (χ0n) is 11.6. The lowest BCUT2D eigenvalue weighted by Gasteiger charge is -2.26. The zero-order chi connectivity index (χ0) is 12.6. The first kappa shape index (κ1) is 13.6. The van der Waals surface area contributed by atoms with Crippen LogP contribution in [-0.4, -0.2) is 31.1 Å².